The molecule has 1 aromatic rings. The van der Waals surface area contributed by atoms with Crippen LogP contribution in [0.2, 0.25) is 0 Å². The van der Waals surface area contributed by atoms with Gasteiger partial charge in [0.15, 0.2) is 0 Å². The monoisotopic (exact) mass is 232 g/mol. The van der Waals surface area contributed by atoms with Gasteiger partial charge in [-0.15, -0.1) is 0 Å². The number of hydrogen-bond acceptors (Lipinski definition) is 4. The van der Waals surface area contributed by atoms with Crippen molar-refractivity contribution in [2.75, 3.05) is 32.2 Å². The van der Waals surface area contributed by atoms with Crippen LogP contribution in [0.15, 0.2) is 18.3 Å². The Hall–Kier alpha value is -1.43. The molecule has 0 aromatic carbocycles. The number of methoxy groups -OCH3 is 1. The third-order valence-corrected chi connectivity index (χ3v) is 1.76. The van der Waals surface area contributed by atoms with Crippen molar-refractivity contribution < 1.29 is 18.3 Å². The second kappa shape index (κ2) is 6.95. The molecule has 4 nitrogen and oxygen atoms in total. The van der Waals surface area contributed by atoms with E-state index in [9.17, 15) is 8.78 Å². The number of hydrogen-bond donors (Lipinski definition) is 1. The summed E-state index contributed by atoms with van der Waals surface area (Å²) in [7, 11) is 1.53. The predicted octanol–water partition coefficient (Wildman–Crippen LogP) is 1.78. The molecule has 0 aliphatic carbocycles. The Labute approximate surface area is 92.6 Å². The van der Waals surface area contributed by atoms with E-state index in [1.165, 1.54) is 7.11 Å². The van der Waals surface area contributed by atoms with Gasteiger partial charge in [0, 0.05) is 24.5 Å². The Morgan fingerprint density at radius 2 is 2.31 bits per heavy atom. The molecule has 90 valence electrons. The standard InChI is InChI=1S/C10H14F2N2O2/c1-15-10-6-8(2-3-14-10)13-4-5-16-7-9(11)12/h2-3,6,9H,4-5,7H2,1H3,(H,13,14). The van der Waals surface area contributed by atoms with Crippen molar-refractivity contribution in [1.29, 1.82) is 0 Å². The third-order valence-electron chi connectivity index (χ3n) is 1.76. The van der Waals surface area contributed by atoms with Gasteiger partial charge in [0.05, 0.1) is 13.7 Å². The highest BCUT2D eigenvalue weighted by molar-refractivity contribution is 5.44. The lowest BCUT2D eigenvalue weighted by atomic mass is 10.4. The molecule has 0 amide bonds. The van der Waals surface area contributed by atoms with E-state index in [1.807, 2.05) is 0 Å². The fraction of sp³-hybridized carbons (Fsp3) is 0.500. The van der Waals surface area contributed by atoms with Gasteiger partial charge in [-0.25, -0.2) is 13.8 Å². The molecule has 6 heteroatoms. The lowest BCUT2D eigenvalue weighted by Crippen LogP contribution is -2.13. The van der Waals surface area contributed by atoms with E-state index in [1.54, 1.807) is 18.3 Å². The second-order valence-electron chi connectivity index (χ2n) is 2.98. The average molecular weight is 232 g/mol. The first kappa shape index (κ1) is 12.6. The van der Waals surface area contributed by atoms with Gasteiger partial charge in [-0.3, -0.25) is 0 Å². The maximum Gasteiger partial charge on any atom is 0.261 e. The summed E-state index contributed by atoms with van der Waals surface area (Å²) in [5.74, 6) is 0.499. The first-order chi connectivity index (χ1) is 7.72. The topological polar surface area (TPSA) is 43.4 Å². The van der Waals surface area contributed by atoms with Crippen molar-refractivity contribution in [1.82, 2.24) is 4.98 Å². The molecule has 1 heterocycles. The van der Waals surface area contributed by atoms with Gasteiger partial charge < -0.3 is 14.8 Å². The fourth-order valence-corrected chi connectivity index (χ4v) is 1.07. The summed E-state index contributed by atoms with van der Waals surface area (Å²) < 4.78 is 33.1. The molecule has 16 heavy (non-hydrogen) atoms. The molecular formula is C10H14F2N2O2. The van der Waals surface area contributed by atoms with Crippen molar-refractivity contribution in [2.24, 2.45) is 0 Å². The lowest BCUT2D eigenvalue weighted by Gasteiger charge is -2.07. The summed E-state index contributed by atoms with van der Waals surface area (Å²) in [6, 6.07) is 3.47. The van der Waals surface area contributed by atoms with Gasteiger partial charge in [0.2, 0.25) is 5.88 Å². The van der Waals surface area contributed by atoms with Crippen LogP contribution in [0, 0.1) is 0 Å². The molecule has 0 saturated carbocycles. The molecule has 1 N–H and O–H groups in total. The summed E-state index contributed by atoms with van der Waals surface area (Å²) in [5.41, 5.74) is 0.812. The Kier molecular flexibility index (Phi) is 5.49. The Morgan fingerprint density at radius 1 is 1.50 bits per heavy atom. The third kappa shape index (κ3) is 4.88. The molecule has 0 radical (unpaired) electrons. The van der Waals surface area contributed by atoms with Gasteiger partial charge in [-0.1, -0.05) is 0 Å². The van der Waals surface area contributed by atoms with Gasteiger partial charge in [-0.05, 0) is 6.07 Å². The normalized spacial score (nSPS) is 10.5. The van der Waals surface area contributed by atoms with Crippen LogP contribution in [0.5, 0.6) is 5.88 Å². The van der Waals surface area contributed by atoms with Crippen LogP contribution in [-0.4, -0.2) is 38.3 Å². The number of aromatic nitrogens is 1. The predicted molar refractivity (Wildman–Crippen MR) is 56.1 cm³/mol. The highest BCUT2D eigenvalue weighted by Crippen LogP contribution is 2.12. The lowest BCUT2D eigenvalue weighted by molar-refractivity contribution is 0.0215. The van der Waals surface area contributed by atoms with Crippen molar-refractivity contribution in [3.8, 4) is 5.88 Å². The zero-order valence-corrected chi connectivity index (χ0v) is 8.95. The molecule has 0 unspecified atom stereocenters. The van der Waals surface area contributed by atoms with Crippen LogP contribution in [0.4, 0.5) is 14.5 Å². The second-order valence-corrected chi connectivity index (χ2v) is 2.98. The first-order valence-corrected chi connectivity index (χ1v) is 4.82. The van der Waals surface area contributed by atoms with Crippen LogP contribution in [0.1, 0.15) is 0 Å². The van der Waals surface area contributed by atoms with Gasteiger partial charge >= 0.3 is 0 Å². The van der Waals surface area contributed by atoms with E-state index in [4.69, 9.17) is 9.47 Å². The maximum absolute atomic E-state index is 11.7. The summed E-state index contributed by atoms with van der Waals surface area (Å²) in [4.78, 5) is 3.93. The number of alkyl halides is 2. The smallest absolute Gasteiger partial charge is 0.261 e. The molecule has 0 aliphatic rings. The van der Waals surface area contributed by atoms with Crippen LogP contribution in [0.25, 0.3) is 0 Å². The number of nitrogens with zero attached hydrogens (tertiary/aromatic N) is 1. The number of rotatable bonds is 7. The Morgan fingerprint density at radius 3 is 3.00 bits per heavy atom. The molecule has 1 aromatic heterocycles. The summed E-state index contributed by atoms with van der Waals surface area (Å²) in [5, 5.41) is 3.00. The zero-order valence-electron chi connectivity index (χ0n) is 8.95. The average Bonchev–Trinajstić information content (AvgIpc) is 2.28. The van der Waals surface area contributed by atoms with Crippen molar-refractivity contribution >= 4 is 5.69 Å². The van der Waals surface area contributed by atoms with Gasteiger partial charge in [-0.2, -0.15) is 0 Å². The van der Waals surface area contributed by atoms with E-state index in [0.29, 0.717) is 12.4 Å². The fourth-order valence-electron chi connectivity index (χ4n) is 1.07. The molecule has 0 aliphatic heterocycles. The minimum Gasteiger partial charge on any atom is -0.481 e. The van der Waals surface area contributed by atoms with Crippen LogP contribution in [0.3, 0.4) is 0 Å². The maximum atomic E-state index is 11.7. The van der Waals surface area contributed by atoms with E-state index in [2.05, 4.69) is 10.3 Å². The highest BCUT2D eigenvalue weighted by atomic mass is 19.3. The van der Waals surface area contributed by atoms with Crippen LogP contribution < -0.4 is 10.1 Å². The van der Waals surface area contributed by atoms with Gasteiger partial charge in [0.25, 0.3) is 6.43 Å². The Bertz CT molecular complexity index is 311. The molecular weight excluding hydrogens is 218 g/mol. The first-order valence-electron chi connectivity index (χ1n) is 4.82. The molecule has 0 fully saturated rings. The summed E-state index contributed by atoms with van der Waals surface area (Å²) >= 11 is 0. The summed E-state index contributed by atoms with van der Waals surface area (Å²) in [6.45, 7) is 0.163. The van der Waals surface area contributed by atoms with Crippen molar-refractivity contribution in [2.45, 2.75) is 6.43 Å². The molecule has 1 rings (SSSR count). The largest absolute Gasteiger partial charge is 0.481 e. The summed E-state index contributed by atoms with van der Waals surface area (Å²) in [6.07, 6.45) is -0.817. The SMILES string of the molecule is COc1cc(NCCOCC(F)F)ccn1. The Balaban J connectivity index is 2.21. The number of pyridine rings is 1. The van der Waals surface area contributed by atoms with Crippen LogP contribution >= 0.6 is 0 Å². The minimum absolute atomic E-state index is 0.231. The molecule has 0 saturated heterocycles. The molecule has 0 bridgehead atoms. The van der Waals surface area contributed by atoms with Gasteiger partial charge in [0.1, 0.15) is 6.61 Å². The number of anilines is 1. The van der Waals surface area contributed by atoms with E-state index in [-0.39, 0.29) is 6.61 Å². The quantitative estimate of drug-likeness (QED) is 0.728. The van der Waals surface area contributed by atoms with E-state index >= 15 is 0 Å². The highest BCUT2D eigenvalue weighted by Gasteiger charge is 2.01. The van der Waals surface area contributed by atoms with E-state index < -0.39 is 13.0 Å². The zero-order chi connectivity index (χ0) is 11.8. The number of ether oxygens (including phenoxy) is 2. The van der Waals surface area contributed by atoms with E-state index in [0.717, 1.165) is 5.69 Å². The van der Waals surface area contributed by atoms with Crippen molar-refractivity contribution in [3.05, 3.63) is 18.3 Å². The molecule has 0 spiro atoms. The number of nitrogens with one attached hydrogen (secondary N) is 1. The molecule has 0 atom stereocenters. The van der Waals surface area contributed by atoms with Crippen LogP contribution in [-0.2, 0) is 4.74 Å². The minimum atomic E-state index is -2.42. The number of halogens is 2. The van der Waals surface area contributed by atoms with Crippen molar-refractivity contribution in [3.63, 3.8) is 0 Å².